The summed E-state index contributed by atoms with van der Waals surface area (Å²) in [6.45, 7) is 6.72. The van der Waals surface area contributed by atoms with Gasteiger partial charge in [-0.05, 0) is 18.8 Å². The van der Waals surface area contributed by atoms with E-state index < -0.39 is 6.04 Å². The van der Waals surface area contributed by atoms with Crippen molar-refractivity contribution >= 4 is 11.8 Å². The lowest BCUT2D eigenvalue weighted by atomic mass is 10.0. The summed E-state index contributed by atoms with van der Waals surface area (Å²) in [5.41, 5.74) is 5.77. The molecule has 0 aliphatic rings. The fraction of sp³-hybridized carbons (Fsp3) is 0.833. The zero-order valence-corrected chi connectivity index (χ0v) is 11.3. The van der Waals surface area contributed by atoms with Crippen molar-refractivity contribution in [1.29, 1.82) is 0 Å². The van der Waals surface area contributed by atoms with E-state index in [1.54, 1.807) is 7.05 Å². The lowest BCUT2D eigenvalue weighted by molar-refractivity contribution is -0.136. The summed E-state index contributed by atoms with van der Waals surface area (Å²) in [4.78, 5) is 24.6. The van der Waals surface area contributed by atoms with Crippen molar-refractivity contribution in [3.63, 3.8) is 0 Å². The second-order valence-electron chi connectivity index (χ2n) is 4.78. The quantitative estimate of drug-likeness (QED) is 0.677. The van der Waals surface area contributed by atoms with Crippen LogP contribution in [0.2, 0.25) is 0 Å². The van der Waals surface area contributed by atoms with E-state index in [1.807, 2.05) is 20.8 Å². The zero-order chi connectivity index (χ0) is 13.4. The minimum Gasteiger partial charge on any atom is -0.355 e. The van der Waals surface area contributed by atoms with E-state index in [4.69, 9.17) is 5.73 Å². The van der Waals surface area contributed by atoms with Crippen LogP contribution in [0, 0.1) is 5.92 Å². The highest BCUT2D eigenvalue weighted by Crippen LogP contribution is 2.04. The molecule has 0 unspecified atom stereocenters. The summed E-state index contributed by atoms with van der Waals surface area (Å²) in [7, 11) is 1.61. The van der Waals surface area contributed by atoms with Crippen LogP contribution in [-0.2, 0) is 9.59 Å². The van der Waals surface area contributed by atoms with Crippen molar-refractivity contribution in [2.24, 2.45) is 11.7 Å². The van der Waals surface area contributed by atoms with Crippen LogP contribution in [0.15, 0.2) is 0 Å². The predicted octanol–water partition coefficient (Wildman–Crippen LogP) is 0.344. The number of nitrogens with zero attached hydrogens (tertiary/aromatic N) is 1. The molecule has 5 heteroatoms. The lowest BCUT2D eigenvalue weighted by Gasteiger charge is -2.21. The van der Waals surface area contributed by atoms with E-state index in [0.717, 1.165) is 6.42 Å². The maximum atomic E-state index is 11.8. The number of amides is 2. The summed E-state index contributed by atoms with van der Waals surface area (Å²) < 4.78 is 0. The third-order valence-electron chi connectivity index (χ3n) is 2.37. The third kappa shape index (κ3) is 6.94. The van der Waals surface area contributed by atoms with Crippen molar-refractivity contribution in [2.75, 3.05) is 20.1 Å². The molecule has 2 amide bonds. The van der Waals surface area contributed by atoms with Crippen LogP contribution < -0.4 is 11.1 Å². The van der Waals surface area contributed by atoms with Crippen molar-refractivity contribution in [3.8, 4) is 0 Å². The Balaban J connectivity index is 4.08. The molecule has 0 aromatic rings. The zero-order valence-electron chi connectivity index (χ0n) is 11.3. The molecule has 1 atom stereocenters. The van der Waals surface area contributed by atoms with Crippen LogP contribution >= 0.6 is 0 Å². The van der Waals surface area contributed by atoms with Gasteiger partial charge < -0.3 is 16.0 Å². The average molecular weight is 243 g/mol. The van der Waals surface area contributed by atoms with E-state index in [1.165, 1.54) is 4.90 Å². The highest BCUT2D eigenvalue weighted by atomic mass is 16.2. The molecule has 0 rings (SSSR count). The van der Waals surface area contributed by atoms with Gasteiger partial charge in [0, 0.05) is 13.6 Å². The molecule has 0 heterocycles. The van der Waals surface area contributed by atoms with Gasteiger partial charge in [-0.2, -0.15) is 0 Å². The maximum absolute atomic E-state index is 11.8. The molecule has 0 aliphatic carbocycles. The second kappa shape index (κ2) is 8.06. The molecule has 5 nitrogen and oxygen atoms in total. The van der Waals surface area contributed by atoms with Crippen LogP contribution in [0.3, 0.4) is 0 Å². The molecule has 100 valence electrons. The average Bonchev–Trinajstić information content (AvgIpc) is 2.24. The molecule has 0 aromatic carbocycles. The normalized spacial score (nSPS) is 12.4. The van der Waals surface area contributed by atoms with Crippen molar-refractivity contribution in [1.82, 2.24) is 10.2 Å². The first-order valence-corrected chi connectivity index (χ1v) is 6.15. The van der Waals surface area contributed by atoms with E-state index in [2.05, 4.69) is 5.32 Å². The smallest absolute Gasteiger partial charge is 0.239 e. The Labute approximate surface area is 104 Å². The Morgan fingerprint density at radius 2 is 1.94 bits per heavy atom. The van der Waals surface area contributed by atoms with Gasteiger partial charge in [-0.25, -0.2) is 0 Å². The number of nitrogens with two attached hydrogens (primary N) is 1. The Kier molecular flexibility index (Phi) is 7.54. The van der Waals surface area contributed by atoms with E-state index in [-0.39, 0.29) is 18.4 Å². The van der Waals surface area contributed by atoms with Crippen LogP contribution in [0.5, 0.6) is 0 Å². The molecule has 0 fully saturated rings. The van der Waals surface area contributed by atoms with Gasteiger partial charge in [-0.1, -0.05) is 20.8 Å². The molecule has 0 spiro atoms. The summed E-state index contributed by atoms with van der Waals surface area (Å²) in [6, 6.07) is -0.515. The second-order valence-corrected chi connectivity index (χ2v) is 4.78. The molecule has 17 heavy (non-hydrogen) atoms. The first-order chi connectivity index (χ1) is 7.88. The van der Waals surface area contributed by atoms with Gasteiger partial charge in [0.15, 0.2) is 0 Å². The van der Waals surface area contributed by atoms with Crippen LogP contribution in [0.4, 0.5) is 0 Å². The number of nitrogens with one attached hydrogen (secondary N) is 1. The number of hydrogen-bond donors (Lipinski definition) is 2. The minimum atomic E-state index is -0.515. The van der Waals surface area contributed by atoms with Crippen LogP contribution in [0.25, 0.3) is 0 Å². The van der Waals surface area contributed by atoms with Gasteiger partial charge >= 0.3 is 0 Å². The molecule has 0 saturated carbocycles. The topological polar surface area (TPSA) is 75.4 Å². The number of carbonyl (C=O) groups excluding carboxylic acids is 2. The molecule has 0 saturated heterocycles. The standard InChI is InChI=1S/C12H25N3O2/c1-5-6-14-11(16)8-15(4)12(17)10(13)7-9(2)3/h9-10H,5-8,13H2,1-4H3,(H,14,16)/t10-/m1/s1. The van der Waals surface area contributed by atoms with E-state index in [0.29, 0.717) is 18.9 Å². The number of rotatable bonds is 7. The van der Waals surface area contributed by atoms with Gasteiger partial charge in [-0.3, -0.25) is 9.59 Å². The Morgan fingerprint density at radius 1 is 1.35 bits per heavy atom. The molecular weight excluding hydrogens is 218 g/mol. The summed E-state index contributed by atoms with van der Waals surface area (Å²) >= 11 is 0. The van der Waals surface area contributed by atoms with Gasteiger partial charge in [0.25, 0.3) is 0 Å². The Bertz CT molecular complexity index is 254. The molecule has 0 aliphatic heterocycles. The first kappa shape index (κ1) is 15.9. The monoisotopic (exact) mass is 243 g/mol. The summed E-state index contributed by atoms with van der Waals surface area (Å²) in [5, 5.41) is 2.72. The minimum absolute atomic E-state index is 0.0740. The number of carbonyl (C=O) groups is 2. The molecule has 0 radical (unpaired) electrons. The predicted molar refractivity (Wildman–Crippen MR) is 68.4 cm³/mol. The Morgan fingerprint density at radius 3 is 2.41 bits per heavy atom. The highest BCUT2D eigenvalue weighted by Gasteiger charge is 2.20. The fourth-order valence-corrected chi connectivity index (χ4v) is 1.51. The lowest BCUT2D eigenvalue weighted by Crippen LogP contribution is -2.46. The molecule has 0 aromatic heterocycles. The van der Waals surface area contributed by atoms with Crippen molar-refractivity contribution in [2.45, 2.75) is 39.7 Å². The van der Waals surface area contributed by atoms with Gasteiger partial charge in [0.2, 0.25) is 11.8 Å². The number of likely N-dealkylation sites (N-methyl/N-ethyl adjacent to an activating group) is 1. The summed E-state index contributed by atoms with van der Waals surface area (Å²) in [5.74, 6) is 0.0565. The molecular formula is C12H25N3O2. The maximum Gasteiger partial charge on any atom is 0.239 e. The summed E-state index contributed by atoms with van der Waals surface area (Å²) in [6.07, 6.45) is 1.52. The molecule has 0 bridgehead atoms. The third-order valence-corrected chi connectivity index (χ3v) is 2.37. The largest absolute Gasteiger partial charge is 0.355 e. The molecule has 3 N–H and O–H groups in total. The number of hydrogen-bond acceptors (Lipinski definition) is 3. The van der Waals surface area contributed by atoms with Gasteiger partial charge in [0.1, 0.15) is 0 Å². The first-order valence-electron chi connectivity index (χ1n) is 6.15. The van der Waals surface area contributed by atoms with Crippen LogP contribution in [-0.4, -0.2) is 42.9 Å². The SMILES string of the molecule is CCCNC(=O)CN(C)C(=O)[C@H](N)CC(C)C. The Hall–Kier alpha value is -1.10. The van der Waals surface area contributed by atoms with Crippen LogP contribution in [0.1, 0.15) is 33.6 Å². The van der Waals surface area contributed by atoms with Crippen molar-refractivity contribution < 1.29 is 9.59 Å². The van der Waals surface area contributed by atoms with E-state index >= 15 is 0 Å². The van der Waals surface area contributed by atoms with Gasteiger partial charge in [-0.15, -0.1) is 0 Å². The van der Waals surface area contributed by atoms with E-state index in [9.17, 15) is 9.59 Å². The highest BCUT2D eigenvalue weighted by molar-refractivity contribution is 5.87. The van der Waals surface area contributed by atoms with Gasteiger partial charge in [0.05, 0.1) is 12.6 Å². The van der Waals surface area contributed by atoms with Crippen molar-refractivity contribution in [3.05, 3.63) is 0 Å². The fourth-order valence-electron chi connectivity index (χ4n) is 1.51.